The molecule has 1 aliphatic rings. The Balaban J connectivity index is 1.75. The van der Waals surface area contributed by atoms with Gasteiger partial charge in [0.1, 0.15) is 12.3 Å². The van der Waals surface area contributed by atoms with Crippen LogP contribution in [0.1, 0.15) is 35.0 Å². The number of nitrogens with one attached hydrogen (secondary N) is 1. The number of pyridine rings is 1. The Morgan fingerprint density at radius 1 is 1.48 bits per heavy atom. The Bertz CT molecular complexity index is 812. The summed E-state index contributed by atoms with van der Waals surface area (Å²) in [7, 11) is 0. The first kappa shape index (κ1) is 16.1. The number of aryl methyl sites for hydroxylation is 2. The molecule has 1 amide bonds. The lowest BCUT2D eigenvalue weighted by atomic mass is 9.94. The van der Waals surface area contributed by atoms with Crippen molar-refractivity contribution in [3.8, 4) is 5.75 Å². The number of hydrogen-bond acceptors (Lipinski definition) is 4. The van der Waals surface area contributed by atoms with E-state index in [-0.39, 0.29) is 29.8 Å². The van der Waals surface area contributed by atoms with Gasteiger partial charge in [-0.1, -0.05) is 11.6 Å². The standard InChI is InChI=1S/C16H17ClN2O3S/c1-9-5-10(20)6-16(22)19(9)8-15(21)18-12-3-2-4-13-11(12)7-14(17)23-13/h5-7,12,20H,2-4,8H2,1H3,(H,18,21). The monoisotopic (exact) mass is 352 g/mol. The largest absolute Gasteiger partial charge is 0.508 e. The van der Waals surface area contributed by atoms with Gasteiger partial charge < -0.3 is 15.0 Å². The van der Waals surface area contributed by atoms with E-state index in [1.807, 2.05) is 6.07 Å². The van der Waals surface area contributed by atoms with Crippen LogP contribution in [0.3, 0.4) is 0 Å². The van der Waals surface area contributed by atoms with Crippen LogP contribution >= 0.6 is 22.9 Å². The van der Waals surface area contributed by atoms with Crippen molar-refractivity contribution in [2.45, 2.75) is 38.8 Å². The van der Waals surface area contributed by atoms with Crippen molar-refractivity contribution in [1.82, 2.24) is 9.88 Å². The summed E-state index contributed by atoms with van der Waals surface area (Å²) in [5.41, 5.74) is 1.25. The van der Waals surface area contributed by atoms with E-state index in [1.54, 1.807) is 18.3 Å². The number of halogens is 1. The highest BCUT2D eigenvalue weighted by atomic mass is 35.5. The maximum Gasteiger partial charge on any atom is 0.254 e. The SMILES string of the molecule is Cc1cc(O)cc(=O)n1CC(=O)NC1CCCc2sc(Cl)cc21. The molecule has 0 saturated carbocycles. The van der Waals surface area contributed by atoms with Crippen LogP contribution in [0.2, 0.25) is 4.34 Å². The molecule has 0 aromatic carbocycles. The van der Waals surface area contributed by atoms with Crippen molar-refractivity contribution >= 4 is 28.8 Å². The minimum atomic E-state index is -0.388. The zero-order valence-electron chi connectivity index (χ0n) is 12.6. The lowest BCUT2D eigenvalue weighted by molar-refractivity contribution is -0.122. The highest BCUT2D eigenvalue weighted by Gasteiger charge is 2.24. The minimum absolute atomic E-state index is 0.0527. The third-order valence-electron chi connectivity index (χ3n) is 4.04. The summed E-state index contributed by atoms with van der Waals surface area (Å²) in [6.45, 7) is 1.63. The normalized spacial score (nSPS) is 16.9. The molecule has 3 rings (SSSR count). The first-order chi connectivity index (χ1) is 10.9. The van der Waals surface area contributed by atoms with Gasteiger partial charge in [-0.25, -0.2) is 0 Å². The fourth-order valence-corrected chi connectivity index (χ4v) is 4.35. The van der Waals surface area contributed by atoms with Crippen LogP contribution in [0.15, 0.2) is 23.0 Å². The first-order valence-electron chi connectivity index (χ1n) is 7.42. The Morgan fingerprint density at radius 2 is 2.26 bits per heavy atom. The predicted molar refractivity (Wildman–Crippen MR) is 90.3 cm³/mol. The lowest BCUT2D eigenvalue weighted by Gasteiger charge is -2.24. The molecule has 0 spiro atoms. The number of thiophene rings is 1. The Hall–Kier alpha value is -1.79. The van der Waals surface area contributed by atoms with E-state index in [1.165, 1.54) is 15.5 Å². The van der Waals surface area contributed by atoms with Crippen molar-refractivity contribution < 1.29 is 9.90 Å². The van der Waals surface area contributed by atoms with Crippen molar-refractivity contribution in [1.29, 1.82) is 0 Å². The maximum atomic E-state index is 12.3. The molecule has 7 heteroatoms. The van der Waals surface area contributed by atoms with Gasteiger partial charge in [0.25, 0.3) is 5.56 Å². The van der Waals surface area contributed by atoms with Crippen LogP contribution in [0, 0.1) is 6.92 Å². The summed E-state index contributed by atoms with van der Waals surface area (Å²) in [5.74, 6) is -0.310. The molecule has 23 heavy (non-hydrogen) atoms. The Morgan fingerprint density at radius 3 is 3.00 bits per heavy atom. The number of aromatic nitrogens is 1. The second-order valence-corrected chi connectivity index (χ2v) is 7.49. The van der Waals surface area contributed by atoms with Crippen LogP contribution in [0.4, 0.5) is 0 Å². The molecule has 2 aromatic heterocycles. The molecule has 0 fully saturated rings. The van der Waals surface area contributed by atoms with E-state index in [0.29, 0.717) is 5.69 Å². The number of carbonyl (C=O) groups is 1. The third kappa shape index (κ3) is 3.43. The van der Waals surface area contributed by atoms with Crippen molar-refractivity contribution in [2.75, 3.05) is 0 Å². The zero-order chi connectivity index (χ0) is 16.6. The Kier molecular flexibility index (Phi) is 4.46. The van der Waals surface area contributed by atoms with Crippen LogP contribution < -0.4 is 10.9 Å². The molecule has 122 valence electrons. The van der Waals surface area contributed by atoms with Gasteiger partial charge in [0.15, 0.2) is 0 Å². The lowest BCUT2D eigenvalue weighted by Crippen LogP contribution is -2.36. The number of aromatic hydroxyl groups is 1. The van der Waals surface area contributed by atoms with Crippen molar-refractivity contribution in [3.63, 3.8) is 0 Å². The van der Waals surface area contributed by atoms with Crippen molar-refractivity contribution in [3.05, 3.63) is 49.0 Å². The van der Waals surface area contributed by atoms with Crippen LogP contribution in [-0.2, 0) is 17.8 Å². The van der Waals surface area contributed by atoms with E-state index >= 15 is 0 Å². The van der Waals surface area contributed by atoms with Crippen LogP contribution in [0.25, 0.3) is 0 Å². The predicted octanol–water partition coefficient (Wildman–Crippen LogP) is 2.77. The topological polar surface area (TPSA) is 71.3 Å². The molecule has 0 saturated heterocycles. The van der Waals surface area contributed by atoms with Gasteiger partial charge in [-0.2, -0.15) is 0 Å². The van der Waals surface area contributed by atoms with Gasteiger partial charge in [-0.15, -0.1) is 11.3 Å². The van der Waals surface area contributed by atoms with Crippen LogP contribution in [0.5, 0.6) is 5.75 Å². The van der Waals surface area contributed by atoms with Crippen molar-refractivity contribution in [2.24, 2.45) is 0 Å². The van der Waals surface area contributed by atoms with Gasteiger partial charge in [-0.3, -0.25) is 9.59 Å². The highest BCUT2D eigenvalue weighted by molar-refractivity contribution is 7.16. The molecule has 5 nitrogen and oxygen atoms in total. The highest BCUT2D eigenvalue weighted by Crippen LogP contribution is 2.37. The molecule has 2 N–H and O–H groups in total. The summed E-state index contributed by atoms with van der Waals surface area (Å²) in [6, 6.07) is 4.44. The summed E-state index contributed by atoms with van der Waals surface area (Å²) < 4.78 is 2.08. The molecular weight excluding hydrogens is 336 g/mol. The number of nitrogens with zero attached hydrogens (tertiary/aromatic N) is 1. The summed E-state index contributed by atoms with van der Waals surface area (Å²) in [5, 5.41) is 12.4. The second-order valence-electron chi connectivity index (χ2n) is 5.72. The van der Waals surface area contributed by atoms with Crippen LogP contribution in [-0.4, -0.2) is 15.6 Å². The molecule has 1 atom stereocenters. The quantitative estimate of drug-likeness (QED) is 0.892. The molecule has 2 aromatic rings. The number of carbonyl (C=O) groups excluding carboxylic acids is 1. The average Bonchev–Trinajstić information content (AvgIpc) is 2.84. The summed E-state index contributed by atoms with van der Waals surface area (Å²) in [4.78, 5) is 25.4. The van der Waals surface area contributed by atoms with Gasteiger partial charge in [0.05, 0.1) is 10.4 Å². The number of hydrogen-bond donors (Lipinski definition) is 2. The van der Waals surface area contributed by atoms with E-state index in [2.05, 4.69) is 5.32 Å². The van der Waals surface area contributed by atoms with Gasteiger partial charge in [0, 0.05) is 16.6 Å². The van der Waals surface area contributed by atoms with E-state index < -0.39 is 0 Å². The van der Waals surface area contributed by atoms with E-state index in [0.717, 1.165) is 35.2 Å². The minimum Gasteiger partial charge on any atom is -0.508 e. The van der Waals surface area contributed by atoms with E-state index in [4.69, 9.17) is 11.6 Å². The molecule has 0 aliphatic heterocycles. The number of fused-ring (bicyclic) bond motifs is 1. The maximum absolute atomic E-state index is 12.3. The molecule has 1 unspecified atom stereocenters. The van der Waals surface area contributed by atoms with Gasteiger partial charge in [-0.05, 0) is 43.9 Å². The molecule has 2 heterocycles. The number of rotatable bonds is 3. The third-order valence-corrected chi connectivity index (χ3v) is 5.38. The molecular formula is C16H17ClN2O3S. The second kappa shape index (κ2) is 6.37. The molecule has 0 radical (unpaired) electrons. The first-order valence-corrected chi connectivity index (χ1v) is 8.61. The summed E-state index contributed by atoms with van der Waals surface area (Å²) in [6.07, 6.45) is 2.87. The molecule has 0 bridgehead atoms. The molecule has 1 aliphatic carbocycles. The fraction of sp³-hybridized carbons (Fsp3) is 0.375. The fourth-order valence-electron chi connectivity index (χ4n) is 2.97. The van der Waals surface area contributed by atoms with Gasteiger partial charge >= 0.3 is 0 Å². The average molecular weight is 353 g/mol. The van der Waals surface area contributed by atoms with Gasteiger partial charge in [0.2, 0.25) is 5.91 Å². The number of amides is 1. The van der Waals surface area contributed by atoms with E-state index in [9.17, 15) is 14.7 Å². The smallest absolute Gasteiger partial charge is 0.254 e. The zero-order valence-corrected chi connectivity index (χ0v) is 14.2. The Labute approximate surface area is 142 Å². The summed E-state index contributed by atoms with van der Waals surface area (Å²) >= 11 is 7.64.